The van der Waals surface area contributed by atoms with E-state index in [9.17, 15) is 14.4 Å². The fourth-order valence-corrected chi connectivity index (χ4v) is 3.76. The fourth-order valence-electron chi connectivity index (χ4n) is 3.76. The minimum Gasteiger partial charge on any atom is -0.494 e. The van der Waals surface area contributed by atoms with Gasteiger partial charge < -0.3 is 10.1 Å². The zero-order valence-corrected chi connectivity index (χ0v) is 15.0. The Bertz CT molecular complexity index is 622. The second-order valence-corrected chi connectivity index (χ2v) is 6.94. The van der Waals surface area contributed by atoms with Gasteiger partial charge in [0, 0.05) is 19.5 Å². The SMILES string of the molecule is O=C(CCN1C(=O)[C@H]2CCCC[C@@H]2C1=O)NCCCOc1ccccc1. The van der Waals surface area contributed by atoms with E-state index in [1.807, 2.05) is 30.3 Å². The predicted octanol–water partition coefficient (Wildman–Crippen LogP) is 2.14. The molecule has 3 rings (SSSR count). The summed E-state index contributed by atoms with van der Waals surface area (Å²) in [7, 11) is 0. The number of hydrogen-bond acceptors (Lipinski definition) is 4. The number of nitrogens with one attached hydrogen (secondary N) is 1. The molecule has 2 fully saturated rings. The normalized spacial score (nSPS) is 22.2. The molecule has 0 aromatic heterocycles. The molecule has 0 radical (unpaired) electrons. The summed E-state index contributed by atoms with van der Waals surface area (Å²) in [5.41, 5.74) is 0. The van der Waals surface area contributed by atoms with Gasteiger partial charge in [0.2, 0.25) is 17.7 Å². The maximum absolute atomic E-state index is 12.4. The molecule has 1 aliphatic carbocycles. The molecule has 2 aliphatic rings. The summed E-state index contributed by atoms with van der Waals surface area (Å²) in [5, 5.41) is 2.82. The molecule has 6 heteroatoms. The van der Waals surface area contributed by atoms with Crippen molar-refractivity contribution in [1.82, 2.24) is 10.2 Å². The minimum absolute atomic E-state index is 0.0799. The van der Waals surface area contributed by atoms with E-state index in [1.54, 1.807) is 0 Å². The van der Waals surface area contributed by atoms with E-state index < -0.39 is 0 Å². The van der Waals surface area contributed by atoms with Crippen LogP contribution in [0.25, 0.3) is 0 Å². The maximum atomic E-state index is 12.4. The average molecular weight is 358 g/mol. The second-order valence-electron chi connectivity index (χ2n) is 6.94. The van der Waals surface area contributed by atoms with Crippen LogP contribution in [0.4, 0.5) is 0 Å². The molecule has 6 nitrogen and oxygen atoms in total. The highest BCUT2D eigenvalue weighted by Crippen LogP contribution is 2.37. The van der Waals surface area contributed by atoms with Gasteiger partial charge in [0.15, 0.2) is 0 Å². The van der Waals surface area contributed by atoms with Gasteiger partial charge in [0.05, 0.1) is 18.4 Å². The molecule has 2 atom stereocenters. The number of benzene rings is 1. The summed E-state index contributed by atoms with van der Waals surface area (Å²) in [6.07, 6.45) is 4.50. The molecule has 0 bridgehead atoms. The summed E-state index contributed by atoms with van der Waals surface area (Å²) in [5.74, 6) is 0.225. The smallest absolute Gasteiger partial charge is 0.233 e. The highest BCUT2D eigenvalue weighted by Gasteiger charge is 2.47. The average Bonchev–Trinajstić information content (AvgIpc) is 2.91. The molecule has 1 N–H and O–H groups in total. The number of imide groups is 1. The van der Waals surface area contributed by atoms with Crippen LogP contribution in [0.5, 0.6) is 5.75 Å². The molecule has 1 aromatic carbocycles. The number of rotatable bonds is 8. The van der Waals surface area contributed by atoms with Gasteiger partial charge in [-0.15, -0.1) is 0 Å². The van der Waals surface area contributed by atoms with Crippen molar-refractivity contribution in [3.8, 4) is 5.75 Å². The quantitative estimate of drug-likeness (QED) is 0.571. The van der Waals surface area contributed by atoms with Gasteiger partial charge in [-0.3, -0.25) is 19.3 Å². The van der Waals surface area contributed by atoms with Gasteiger partial charge in [-0.2, -0.15) is 0 Å². The van der Waals surface area contributed by atoms with Crippen molar-refractivity contribution in [1.29, 1.82) is 0 Å². The van der Waals surface area contributed by atoms with Crippen LogP contribution < -0.4 is 10.1 Å². The number of ether oxygens (including phenoxy) is 1. The maximum Gasteiger partial charge on any atom is 0.233 e. The lowest BCUT2D eigenvalue weighted by atomic mass is 9.81. The van der Waals surface area contributed by atoms with Crippen molar-refractivity contribution in [2.24, 2.45) is 11.8 Å². The molecule has 140 valence electrons. The number of hydrogen-bond donors (Lipinski definition) is 1. The predicted molar refractivity (Wildman–Crippen MR) is 96.3 cm³/mol. The van der Waals surface area contributed by atoms with E-state index in [1.165, 1.54) is 4.90 Å². The summed E-state index contributed by atoms with van der Waals surface area (Å²) in [6, 6.07) is 9.53. The van der Waals surface area contributed by atoms with Crippen LogP contribution in [-0.4, -0.2) is 42.3 Å². The lowest BCUT2D eigenvalue weighted by molar-refractivity contribution is -0.140. The molecule has 1 saturated carbocycles. The van der Waals surface area contributed by atoms with Crippen molar-refractivity contribution in [2.75, 3.05) is 19.7 Å². The van der Waals surface area contributed by atoms with Crippen LogP contribution in [0.1, 0.15) is 38.5 Å². The van der Waals surface area contributed by atoms with E-state index in [4.69, 9.17) is 4.74 Å². The number of para-hydroxylation sites is 1. The molecule has 1 saturated heterocycles. The van der Waals surface area contributed by atoms with E-state index >= 15 is 0 Å². The number of fused-ring (bicyclic) bond motifs is 1. The first-order chi connectivity index (χ1) is 12.7. The molecule has 3 amide bonds. The van der Waals surface area contributed by atoms with Crippen molar-refractivity contribution in [2.45, 2.75) is 38.5 Å². The Morgan fingerprint density at radius 2 is 1.73 bits per heavy atom. The highest BCUT2D eigenvalue weighted by atomic mass is 16.5. The van der Waals surface area contributed by atoms with Gasteiger partial charge in [-0.05, 0) is 31.4 Å². The summed E-state index contributed by atoms with van der Waals surface area (Å²) in [4.78, 5) is 38.0. The van der Waals surface area contributed by atoms with Crippen molar-refractivity contribution in [3.63, 3.8) is 0 Å². The van der Waals surface area contributed by atoms with Crippen molar-refractivity contribution in [3.05, 3.63) is 30.3 Å². The number of likely N-dealkylation sites (tertiary alicyclic amines) is 1. The Balaban J connectivity index is 1.32. The van der Waals surface area contributed by atoms with Gasteiger partial charge in [-0.1, -0.05) is 31.0 Å². The van der Waals surface area contributed by atoms with Crippen LogP contribution in [0, 0.1) is 11.8 Å². The Kier molecular flexibility index (Phi) is 6.26. The first kappa shape index (κ1) is 18.4. The van der Waals surface area contributed by atoms with E-state index in [2.05, 4.69) is 5.32 Å². The molecule has 1 heterocycles. The zero-order chi connectivity index (χ0) is 18.4. The van der Waals surface area contributed by atoms with Crippen LogP contribution in [0.3, 0.4) is 0 Å². The Labute approximate surface area is 153 Å². The lowest BCUT2D eigenvalue weighted by Crippen LogP contribution is -2.35. The van der Waals surface area contributed by atoms with Gasteiger partial charge in [0.25, 0.3) is 0 Å². The molecule has 0 unspecified atom stereocenters. The summed E-state index contributed by atoms with van der Waals surface area (Å²) < 4.78 is 5.56. The summed E-state index contributed by atoms with van der Waals surface area (Å²) >= 11 is 0. The van der Waals surface area contributed by atoms with Crippen LogP contribution in [0.2, 0.25) is 0 Å². The first-order valence-corrected chi connectivity index (χ1v) is 9.46. The van der Waals surface area contributed by atoms with Crippen molar-refractivity contribution >= 4 is 17.7 Å². The largest absolute Gasteiger partial charge is 0.494 e. The fraction of sp³-hybridized carbons (Fsp3) is 0.550. The Hall–Kier alpha value is -2.37. The number of amides is 3. The standard InChI is InChI=1S/C20H26N2O4/c23-18(21-12-6-14-26-15-7-2-1-3-8-15)11-13-22-19(24)16-9-4-5-10-17(16)20(22)25/h1-3,7-8,16-17H,4-6,9-14H2,(H,21,23)/t16-,17-/m0/s1. The third kappa shape index (κ3) is 4.42. The molecule has 1 aliphatic heterocycles. The van der Waals surface area contributed by atoms with E-state index in [-0.39, 0.29) is 42.5 Å². The second kappa shape index (κ2) is 8.83. The topological polar surface area (TPSA) is 75.7 Å². The summed E-state index contributed by atoms with van der Waals surface area (Å²) in [6.45, 7) is 1.23. The number of carbonyl (C=O) groups excluding carboxylic acids is 3. The lowest BCUT2D eigenvalue weighted by Gasteiger charge is -2.19. The molecule has 0 spiro atoms. The zero-order valence-electron chi connectivity index (χ0n) is 15.0. The van der Waals surface area contributed by atoms with E-state index in [0.717, 1.165) is 31.4 Å². The van der Waals surface area contributed by atoms with Crippen molar-refractivity contribution < 1.29 is 19.1 Å². The third-order valence-electron chi connectivity index (χ3n) is 5.15. The number of nitrogens with zero attached hydrogens (tertiary/aromatic N) is 1. The molecular formula is C20H26N2O4. The third-order valence-corrected chi connectivity index (χ3v) is 5.15. The van der Waals surface area contributed by atoms with Gasteiger partial charge in [0.1, 0.15) is 5.75 Å². The minimum atomic E-state index is -0.144. The Morgan fingerprint density at radius 3 is 2.38 bits per heavy atom. The van der Waals surface area contributed by atoms with Crippen LogP contribution >= 0.6 is 0 Å². The van der Waals surface area contributed by atoms with Gasteiger partial charge in [-0.25, -0.2) is 0 Å². The molecule has 26 heavy (non-hydrogen) atoms. The first-order valence-electron chi connectivity index (χ1n) is 9.46. The van der Waals surface area contributed by atoms with E-state index in [0.29, 0.717) is 19.6 Å². The molecule has 1 aromatic rings. The van der Waals surface area contributed by atoms with Crippen LogP contribution in [0.15, 0.2) is 30.3 Å². The number of carbonyl (C=O) groups is 3. The Morgan fingerprint density at radius 1 is 1.08 bits per heavy atom. The highest BCUT2D eigenvalue weighted by molar-refractivity contribution is 6.05. The monoisotopic (exact) mass is 358 g/mol. The van der Waals surface area contributed by atoms with Crippen LogP contribution in [-0.2, 0) is 14.4 Å². The van der Waals surface area contributed by atoms with Gasteiger partial charge >= 0.3 is 0 Å². The molecular weight excluding hydrogens is 332 g/mol.